The minimum absolute atomic E-state index is 0.0185. The van der Waals surface area contributed by atoms with Crippen molar-refractivity contribution in [2.45, 2.75) is 12.3 Å². The second kappa shape index (κ2) is 7.93. The van der Waals surface area contributed by atoms with Crippen LogP contribution in [-0.2, 0) is 6.18 Å². The van der Waals surface area contributed by atoms with Crippen molar-refractivity contribution in [1.82, 2.24) is 14.7 Å². The Bertz CT molecular complexity index is 1110. The third-order valence-corrected chi connectivity index (χ3v) is 4.74. The minimum atomic E-state index is -4.94. The number of hydrogen-bond acceptors (Lipinski definition) is 4. The maximum Gasteiger partial charge on any atom is 0.434 e. The molecule has 6 nitrogen and oxygen atoms in total. The van der Waals surface area contributed by atoms with Gasteiger partial charge in [0, 0.05) is 7.05 Å². The van der Waals surface area contributed by atoms with Gasteiger partial charge in [-0.2, -0.15) is 18.3 Å². The van der Waals surface area contributed by atoms with Gasteiger partial charge in [0.1, 0.15) is 18.1 Å². The summed E-state index contributed by atoms with van der Waals surface area (Å²) in [5.41, 5.74) is -2.44. The number of hydrogen-bond donors (Lipinski definition) is 0. The molecule has 0 radical (unpaired) electrons. The molecule has 2 heterocycles. The zero-order chi connectivity index (χ0) is 22.2. The van der Waals surface area contributed by atoms with Crippen LogP contribution in [0.1, 0.15) is 16.1 Å². The van der Waals surface area contributed by atoms with Gasteiger partial charge in [0.15, 0.2) is 23.3 Å². The number of para-hydroxylation sites is 3. The van der Waals surface area contributed by atoms with E-state index in [0.29, 0.717) is 16.2 Å². The monoisotopic (exact) mass is 435 g/mol. The van der Waals surface area contributed by atoms with E-state index < -0.39 is 40.9 Å². The number of likely N-dealkylation sites (N-methyl/N-ethyl adjacent to an activating group) is 1. The Labute approximate surface area is 174 Å². The largest absolute Gasteiger partial charge is 0.486 e. The number of carbonyl (C=O) groups excluding carboxylic acids is 1. The predicted octanol–water partition coefficient (Wildman–Crippen LogP) is 3.94. The Kier molecular flexibility index (Phi) is 5.30. The highest BCUT2D eigenvalue weighted by Crippen LogP contribution is 2.35. The number of aromatic nitrogens is 2. The summed E-state index contributed by atoms with van der Waals surface area (Å²) >= 11 is 0. The standard InChI is InChI=1S/C21H17F4N3O3/c1-27(11-13-12-30-17-8-4-5-9-18(17)31-13)20(29)14-10-26-28(19(14)21(23,24)25)16-7-3-2-6-15(16)22/h2-10,13H,11-12H2,1H3. The summed E-state index contributed by atoms with van der Waals surface area (Å²) in [6.45, 7) is 0.116. The summed E-state index contributed by atoms with van der Waals surface area (Å²) in [5.74, 6) is -0.770. The van der Waals surface area contributed by atoms with E-state index in [4.69, 9.17) is 9.47 Å². The summed E-state index contributed by atoms with van der Waals surface area (Å²) in [7, 11) is 1.35. The summed E-state index contributed by atoms with van der Waals surface area (Å²) in [4.78, 5) is 13.9. The van der Waals surface area contributed by atoms with Crippen molar-refractivity contribution < 1.29 is 31.8 Å². The molecular formula is C21H17F4N3O3. The maximum atomic E-state index is 14.1. The Morgan fingerprint density at radius 1 is 1.16 bits per heavy atom. The highest BCUT2D eigenvalue weighted by Gasteiger charge is 2.41. The van der Waals surface area contributed by atoms with Gasteiger partial charge in [-0.15, -0.1) is 0 Å². The number of halogens is 4. The van der Waals surface area contributed by atoms with Crippen molar-refractivity contribution in [2.24, 2.45) is 0 Å². The first kappa shape index (κ1) is 20.7. The van der Waals surface area contributed by atoms with Crippen LogP contribution in [0.4, 0.5) is 17.6 Å². The number of nitrogens with zero attached hydrogens (tertiary/aromatic N) is 3. The number of fused-ring (bicyclic) bond motifs is 1. The third kappa shape index (κ3) is 4.05. The Hall–Kier alpha value is -3.56. The van der Waals surface area contributed by atoms with E-state index in [-0.39, 0.29) is 13.2 Å². The lowest BCUT2D eigenvalue weighted by Gasteiger charge is -2.29. The molecule has 31 heavy (non-hydrogen) atoms. The number of alkyl halides is 3. The van der Waals surface area contributed by atoms with Crippen molar-refractivity contribution in [3.05, 3.63) is 71.8 Å². The van der Waals surface area contributed by atoms with Crippen LogP contribution < -0.4 is 9.47 Å². The van der Waals surface area contributed by atoms with Crippen molar-refractivity contribution in [3.63, 3.8) is 0 Å². The Morgan fingerprint density at radius 2 is 1.84 bits per heavy atom. The molecule has 0 spiro atoms. The molecule has 1 aliphatic heterocycles. The molecule has 1 aliphatic rings. The van der Waals surface area contributed by atoms with Crippen LogP contribution in [-0.4, -0.2) is 46.9 Å². The van der Waals surface area contributed by atoms with Crippen molar-refractivity contribution >= 4 is 5.91 Å². The summed E-state index contributed by atoms with van der Waals surface area (Å²) in [6, 6.07) is 11.9. The molecule has 4 rings (SSSR count). The summed E-state index contributed by atoms with van der Waals surface area (Å²) < 4.78 is 67.2. The molecule has 3 aromatic rings. The smallest absolute Gasteiger partial charge is 0.434 e. The molecule has 0 bridgehead atoms. The van der Waals surface area contributed by atoms with Crippen LogP contribution in [0.15, 0.2) is 54.7 Å². The average molecular weight is 435 g/mol. The summed E-state index contributed by atoms with van der Waals surface area (Å²) in [5, 5.41) is 3.65. The molecular weight excluding hydrogens is 418 g/mol. The van der Waals surface area contributed by atoms with Crippen LogP contribution in [0.5, 0.6) is 11.5 Å². The zero-order valence-corrected chi connectivity index (χ0v) is 16.3. The number of amides is 1. The SMILES string of the molecule is CN(CC1COc2ccccc2O1)C(=O)c1cnn(-c2ccccc2F)c1C(F)(F)F. The lowest BCUT2D eigenvalue weighted by Crippen LogP contribution is -2.42. The third-order valence-electron chi connectivity index (χ3n) is 4.74. The van der Waals surface area contributed by atoms with Gasteiger partial charge in [-0.05, 0) is 24.3 Å². The first-order valence-electron chi connectivity index (χ1n) is 9.30. The fourth-order valence-corrected chi connectivity index (χ4v) is 3.33. The van der Waals surface area contributed by atoms with Gasteiger partial charge in [0.25, 0.3) is 5.91 Å². The van der Waals surface area contributed by atoms with Crippen LogP contribution in [0.25, 0.3) is 5.69 Å². The molecule has 2 aromatic carbocycles. The minimum Gasteiger partial charge on any atom is -0.486 e. The summed E-state index contributed by atoms with van der Waals surface area (Å²) in [6.07, 6.45) is -4.71. The van der Waals surface area contributed by atoms with Crippen LogP contribution in [0, 0.1) is 5.82 Å². The van der Waals surface area contributed by atoms with Crippen molar-refractivity contribution in [3.8, 4) is 17.2 Å². The molecule has 0 saturated heterocycles. The van der Waals surface area contributed by atoms with Gasteiger partial charge in [0.2, 0.25) is 0 Å². The zero-order valence-electron chi connectivity index (χ0n) is 16.3. The van der Waals surface area contributed by atoms with E-state index >= 15 is 0 Å². The maximum absolute atomic E-state index is 14.1. The number of ether oxygens (including phenoxy) is 2. The van der Waals surface area contributed by atoms with E-state index in [1.807, 2.05) is 0 Å². The fraction of sp³-hybridized carbons (Fsp3) is 0.238. The topological polar surface area (TPSA) is 56.6 Å². The van der Waals surface area contributed by atoms with Crippen LogP contribution in [0.2, 0.25) is 0 Å². The Morgan fingerprint density at radius 3 is 2.55 bits per heavy atom. The second-order valence-electron chi connectivity index (χ2n) is 6.95. The normalized spacial score (nSPS) is 15.6. The van der Waals surface area contributed by atoms with Crippen molar-refractivity contribution in [1.29, 1.82) is 0 Å². The van der Waals surface area contributed by atoms with Gasteiger partial charge in [0.05, 0.1) is 18.3 Å². The molecule has 1 unspecified atom stereocenters. The van der Waals surface area contributed by atoms with E-state index in [1.165, 1.54) is 19.2 Å². The van der Waals surface area contributed by atoms with Gasteiger partial charge in [-0.1, -0.05) is 24.3 Å². The average Bonchev–Trinajstić information content (AvgIpc) is 3.19. The van der Waals surface area contributed by atoms with Gasteiger partial charge in [-0.25, -0.2) is 9.07 Å². The van der Waals surface area contributed by atoms with Crippen molar-refractivity contribution in [2.75, 3.05) is 20.2 Å². The lowest BCUT2D eigenvalue weighted by atomic mass is 10.2. The van der Waals surface area contributed by atoms with E-state index in [1.54, 1.807) is 24.3 Å². The number of benzene rings is 2. The molecule has 10 heteroatoms. The van der Waals surface area contributed by atoms with Gasteiger partial charge in [-0.3, -0.25) is 4.79 Å². The highest BCUT2D eigenvalue weighted by molar-refractivity contribution is 5.95. The fourth-order valence-electron chi connectivity index (χ4n) is 3.33. The molecule has 0 aliphatic carbocycles. The molecule has 0 N–H and O–H groups in total. The quantitative estimate of drug-likeness (QED) is 0.583. The molecule has 1 aromatic heterocycles. The second-order valence-corrected chi connectivity index (χ2v) is 6.95. The molecule has 0 saturated carbocycles. The predicted molar refractivity (Wildman–Crippen MR) is 102 cm³/mol. The highest BCUT2D eigenvalue weighted by atomic mass is 19.4. The number of rotatable bonds is 4. The van der Waals surface area contributed by atoms with E-state index in [2.05, 4.69) is 5.10 Å². The first-order valence-corrected chi connectivity index (χ1v) is 9.30. The Balaban J connectivity index is 1.59. The van der Waals surface area contributed by atoms with Gasteiger partial charge < -0.3 is 14.4 Å². The molecule has 0 fully saturated rings. The van der Waals surface area contributed by atoms with Crippen LogP contribution in [0.3, 0.4) is 0 Å². The number of carbonyl (C=O) groups is 1. The van der Waals surface area contributed by atoms with Crippen LogP contribution >= 0.6 is 0 Å². The van der Waals surface area contributed by atoms with E-state index in [0.717, 1.165) is 23.2 Å². The van der Waals surface area contributed by atoms with E-state index in [9.17, 15) is 22.4 Å². The first-order chi connectivity index (χ1) is 14.8. The molecule has 1 atom stereocenters. The molecule has 162 valence electrons. The molecule has 1 amide bonds. The lowest BCUT2D eigenvalue weighted by molar-refractivity contribution is -0.143. The van der Waals surface area contributed by atoms with Gasteiger partial charge >= 0.3 is 6.18 Å².